The van der Waals surface area contributed by atoms with Crippen molar-refractivity contribution in [3.63, 3.8) is 0 Å². The Hall–Kier alpha value is -2.53. The van der Waals surface area contributed by atoms with Gasteiger partial charge in [-0.2, -0.15) is 0 Å². The van der Waals surface area contributed by atoms with Crippen molar-refractivity contribution in [1.29, 1.82) is 0 Å². The number of ether oxygens (including phenoxy) is 1. The number of anilines is 1. The summed E-state index contributed by atoms with van der Waals surface area (Å²) in [4.78, 5) is 12.3. The van der Waals surface area contributed by atoms with Gasteiger partial charge in [0.1, 0.15) is 16.9 Å². The number of fused-ring (bicyclic) bond motifs is 3. The van der Waals surface area contributed by atoms with Crippen LogP contribution in [0.3, 0.4) is 0 Å². The molecule has 2 heterocycles. The Labute approximate surface area is 133 Å². The van der Waals surface area contributed by atoms with Gasteiger partial charge >= 0.3 is 0 Å². The maximum Gasteiger partial charge on any atom is 0.241 e. The molecule has 1 amide bonds. The normalized spacial score (nSPS) is 17.7. The Bertz CT molecular complexity index is 878. The molecular formula is C18H18N2O3. The monoisotopic (exact) mass is 310 g/mol. The number of para-hydroxylation sites is 1. The molecule has 0 radical (unpaired) electrons. The predicted octanol–water partition coefficient (Wildman–Crippen LogP) is 3.29. The van der Waals surface area contributed by atoms with Crippen molar-refractivity contribution in [3.05, 3.63) is 36.4 Å². The van der Waals surface area contributed by atoms with Crippen molar-refractivity contribution >= 4 is 33.5 Å². The summed E-state index contributed by atoms with van der Waals surface area (Å²) in [5.41, 5.74) is 2.20. The molecule has 23 heavy (non-hydrogen) atoms. The van der Waals surface area contributed by atoms with E-state index < -0.39 is 0 Å². The highest BCUT2D eigenvalue weighted by Gasteiger charge is 2.23. The molecule has 1 fully saturated rings. The van der Waals surface area contributed by atoms with Gasteiger partial charge in [-0.15, -0.1) is 0 Å². The van der Waals surface area contributed by atoms with Crippen LogP contribution >= 0.6 is 0 Å². The third-order valence-electron chi connectivity index (χ3n) is 4.33. The largest absolute Gasteiger partial charge is 0.495 e. The summed E-state index contributed by atoms with van der Waals surface area (Å²) in [7, 11) is 1.60. The van der Waals surface area contributed by atoms with Crippen LogP contribution < -0.4 is 15.4 Å². The maximum atomic E-state index is 12.3. The summed E-state index contributed by atoms with van der Waals surface area (Å²) in [5, 5.41) is 8.17. The fourth-order valence-electron chi connectivity index (χ4n) is 3.15. The number of furan rings is 1. The minimum absolute atomic E-state index is 0.0312. The van der Waals surface area contributed by atoms with Gasteiger partial charge in [0.05, 0.1) is 18.8 Å². The maximum absolute atomic E-state index is 12.3. The van der Waals surface area contributed by atoms with Crippen LogP contribution in [0, 0.1) is 0 Å². The highest BCUT2D eigenvalue weighted by Crippen LogP contribution is 2.36. The second-order valence-corrected chi connectivity index (χ2v) is 5.79. The van der Waals surface area contributed by atoms with Crippen LogP contribution in [-0.2, 0) is 4.79 Å². The second-order valence-electron chi connectivity index (χ2n) is 5.79. The van der Waals surface area contributed by atoms with Crippen LogP contribution in [0.5, 0.6) is 5.75 Å². The number of hydrogen-bond acceptors (Lipinski definition) is 4. The van der Waals surface area contributed by atoms with E-state index in [1.165, 1.54) is 0 Å². The van der Waals surface area contributed by atoms with Gasteiger partial charge in [-0.05, 0) is 31.5 Å². The highest BCUT2D eigenvalue weighted by atomic mass is 16.5. The fraction of sp³-hybridized carbons (Fsp3) is 0.278. The van der Waals surface area contributed by atoms with Crippen LogP contribution in [-0.4, -0.2) is 25.6 Å². The number of hydrogen-bond donors (Lipinski definition) is 2. The Morgan fingerprint density at radius 3 is 2.91 bits per heavy atom. The van der Waals surface area contributed by atoms with Gasteiger partial charge < -0.3 is 19.8 Å². The molecule has 5 nitrogen and oxygen atoms in total. The zero-order valence-electron chi connectivity index (χ0n) is 12.9. The molecule has 0 unspecified atom stereocenters. The summed E-state index contributed by atoms with van der Waals surface area (Å²) in [6.07, 6.45) is 1.89. The second kappa shape index (κ2) is 5.59. The van der Waals surface area contributed by atoms with E-state index in [1.54, 1.807) is 7.11 Å². The third-order valence-corrected chi connectivity index (χ3v) is 4.33. The first-order valence-corrected chi connectivity index (χ1v) is 7.80. The van der Waals surface area contributed by atoms with E-state index in [0.29, 0.717) is 11.4 Å². The Morgan fingerprint density at radius 2 is 2.13 bits per heavy atom. The molecule has 2 N–H and O–H groups in total. The summed E-state index contributed by atoms with van der Waals surface area (Å²) in [6.45, 7) is 0.887. The zero-order chi connectivity index (χ0) is 15.8. The molecule has 0 saturated carbocycles. The lowest BCUT2D eigenvalue weighted by molar-refractivity contribution is -0.117. The number of amides is 1. The lowest BCUT2D eigenvalue weighted by atomic mass is 10.1. The average molecular weight is 310 g/mol. The lowest BCUT2D eigenvalue weighted by Gasteiger charge is -2.13. The molecule has 0 aliphatic carbocycles. The number of benzene rings is 2. The minimum Gasteiger partial charge on any atom is -0.495 e. The zero-order valence-corrected chi connectivity index (χ0v) is 12.9. The van der Waals surface area contributed by atoms with Gasteiger partial charge in [0.15, 0.2) is 0 Å². The van der Waals surface area contributed by atoms with Crippen molar-refractivity contribution in [1.82, 2.24) is 5.32 Å². The van der Waals surface area contributed by atoms with E-state index in [-0.39, 0.29) is 11.9 Å². The van der Waals surface area contributed by atoms with Crippen molar-refractivity contribution in [2.24, 2.45) is 0 Å². The van der Waals surface area contributed by atoms with Crippen LogP contribution in [0.1, 0.15) is 12.8 Å². The van der Waals surface area contributed by atoms with Gasteiger partial charge in [-0.25, -0.2) is 0 Å². The van der Waals surface area contributed by atoms with E-state index >= 15 is 0 Å². The van der Waals surface area contributed by atoms with Crippen LogP contribution in [0.25, 0.3) is 21.9 Å². The molecule has 1 saturated heterocycles. The van der Waals surface area contributed by atoms with Crippen LogP contribution in [0.4, 0.5) is 5.69 Å². The minimum atomic E-state index is -0.133. The molecule has 2 aromatic carbocycles. The van der Waals surface area contributed by atoms with Gasteiger partial charge in [-0.3, -0.25) is 4.79 Å². The van der Waals surface area contributed by atoms with E-state index in [9.17, 15) is 4.79 Å². The van der Waals surface area contributed by atoms with Crippen LogP contribution in [0.15, 0.2) is 40.8 Å². The smallest absolute Gasteiger partial charge is 0.241 e. The van der Waals surface area contributed by atoms with Crippen LogP contribution in [0.2, 0.25) is 0 Å². The molecule has 5 heteroatoms. The molecule has 0 bridgehead atoms. The molecule has 1 atom stereocenters. The number of methoxy groups -OCH3 is 1. The molecule has 0 spiro atoms. The number of carbonyl (C=O) groups is 1. The molecule has 1 aliphatic heterocycles. The number of carbonyl (C=O) groups excluding carboxylic acids is 1. The van der Waals surface area contributed by atoms with E-state index in [0.717, 1.165) is 41.3 Å². The summed E-state index contributed by atoms with van der Waals surface area (Å²) >= 11 is 0. The average Bonchev–Trinajstić information content (AvgIpc) is 3.21. The molecular weight excluding hydrogens is 292 g/mol. The summed E-state index contributed by atoms with van der Waals surface area (Å²) < 4.78 is 11.3. The van der Waals surface area contributed by atoms with Crippen molar-refractivity contribution < 1.29 is 13.9 Å². The SMILES string of the molecule is COc1cc2c(cc1NC(=O)[C@H]1CCCN1)oc1ccccc12. The third kappa shape index (κ3) is 2.43. The quantitative estimate of drug-likeness (QED) is 0.779. The lowest BCUT2D eigenvalue weighted by Crippen LogP contribution is -2.35. The van der Waals surface area contributed by atoms with E-state index in [4.69, 9.17) is 9.15 Å². The standard InChI is InChI=1S/C18H18N2O3/c1-22-17-9-12-11-5-2-3-7-15(11)23-16(12)10-14(17)20-18(21)13-6-4-8-19-13/h2-3,5,7,9-10,13,19H,4,6,8H2,1H3,(H,20,21)/t13-/m1/s1. The van der Waals surface area contributed by atoms with Gasteiger partial charge in [-0.1, -0.05) is 18.2 Å². The molecule has 1 aromatic heterocycles. The number of nitrogens with one attached hydrogen (secondary N) is 2. The first kappa shape index (κ1) is 14.1. The molecule has 118 valence electrons. The predicted molar refractivity (Wildman–Crippen MR) is 89.9 cm³/mol. The Kier molecular flexibility index (Phi) is 3.42. The number of rotatable bonds is 3. The molecule has 4 rings (SSSR count). The topological polar surface area (TPSA) is 63.5 Å². The van der Waals surface area contributed by atoms with Gasteiger partial charge in [0.25, 0.3) is 0 Å². The summed E-state index contributed by atoms with van der Waals surface area (Å²) in [6, 6.07) is 11.5. The highest BCUT2D eigenvalue weighted by molar-refractivity contribution is 6.08. The first-order valence-electron chi connectivity index (χ1n) is 7.80. The van der Waals surface area contributed by atoms with Gasteiger partial charge in [0.2, 0.25) is 5.91 Å². The first-order chi connectivity index (χ1) is 11.3. The summed E-state index contributed by atoms with van der Waals surface area (Å²) in [5.74, 6) is 0.603. The Morgan fingerprint density at radius 1 is 1.26 bits per heavy atom. The Balaban J connectivity index is 1.76. The van der Waals surface area contributed by atoms with Crippen molar-refractivity contribution in [2.75, 3.05) is 19.0 Å². The van der Waals surface area contributed by atoms with Crippen molar-refractivity contribution in [3.8, 4) is 5.75 Å². The van der Waals surface area contributed by atoms with E-state index in [2.05, 4.69) is 10.6 Å². The van der Waals surface area contributed by atoms with Gasteiger partial charge in [0, 0.05) is 16.8 Å². The fourth-order valence-corrected chi connectivity index (χ4v) is 3.15. The van der Waals surface area contributed by atoms with Crippen molar-refractivity contribution in [2.45, 2.75) is 18.9 Å². The molecule has 3 aromatic rings. The van der Waals surface area contributed by atoms with E-state index in [1.807, 2.05) is 36.4 Å². The molecule has 1 aliphatic rings.